The van der Waals surface area contributed by atoms with E-state index in [9.17, 15) is 41.8 Å². The lowest BCUT2D eigenvalue weighted by Crippen LogP contribution is -2.55. The van der Waals surface area contributed by atoms with Crippen LogP contribution in [0.15, 0.2) is 66.7 Å². The fourth-order valence-corrected chi connectivity index (χ4v) is 4.26. The highest BCUT2D eigenvalue weighted by molar-refractivity contribution is 6.00. The molecule has 1 saturated heterocycles. The molecule has 1 heterocycles. The first-order valence-electron chi connectivity index (χ1n) is 11.9. The first kappa shape index (κ1) is 28.1. The van der Waals surface area contributed by atoms with E-state index in [1.165, 1.54) is 24.3 Å². The van der Waals surface area contributed by atoms with Gasteiger partial charge < -0.3 is 20.6 Å². The second kappa shape index (κ2) is 11.8. The number of urea groups is 1. The van der Waals surface area contributed by atoms with E-state index in [1.807, 2.05) is 0 Å². The number of benzene rings is 3. The van der Waals surface area contributed by atoms with Crippen LogP contribution in [-0.4, -0.2) is 58.0 Å². The number of anilines is 1. The number of nitrogens with one attached hydrogen (secondary N) is 2. The summed E-state index contributed by atoms with van der Waals surface area (Å²) in [5.41, 5.74) is -0.00120. The minimum atomic E-state index is -1.66. The summed E-state index contributed by atoms with van der Waals surface area (Å²) in [7, 11) is 0. The minimum absolute atomic E-state index is 0.0598. The third-order valence-corrected chi connectivity index (χ3v) is 6.14. The molecule has 1 aliphatic rings. The van der Waals surface area contributed by atoms with E-state index in [-0.39, 0.29) is 29.9 Å². The van der Waals surface area contributed by atoms with Gasteiger partial charge in [0, 0.05) is 24.3 Å². The van der Waals surface area contributed by atoms with Crippen molar-refractivity contribution in [1.29, 1.82) is 0 Å². The molecule has 0 bridgehead atoms. The highest BCUT2D eigenvalue weighted by atomic mass is 19.2. The van der Waals surface area contributed by atoms with Gasteiger partial charge in [-0.25, -0.2) is 22.4 Å². The molecule has 0 spiro atoms. The normalized spacial score (nSPS) is 15.4. The maximum absolute atomic E-state index is 13.9. The molecule has 13 heteroatoms. The van der Waals surface area contributed by atoms with E-state index in [0.29, 0.717) is 6.07 Å². The molecule has 3 N–H and O–H groups in total. The van der Waals surface area contributed by atoms with Gasteiger partial charge in [0.15, 0.2) is 17.8 Å². The Morgan fingerprint density at radius 2 is 1.55 bits per heavy atom. The molecule has 3 aromatic rings. The van der Waals surface area contributed by atoms with Crippen molar-refractivity contribution < 1.29 is 41.8 Å². The van der Waals surface area contributed by atoms with Gasteiger partial charge >= 0.3 is 12.0 Å². The van der Waals surface area contributed by atoms with Crippen LogP contribution in [0.25, 0.3) is 0 Å². The number of halogens is 4. The standard InChI is InChI=1S/C27H22F4N4O5/c28-17-7-4-15(5-8-17)22(14-23(36)37)33-24(38)25-34(26(39)16-6-9-20(30)21(31)12-16)10-11-35(25)27(40)32-19-3-1-2-18(29)13-19/h1-9,12-13,22,25H,10-11,14H2,(H,32,40)(H,33,38)(H,36,37). The lowest BCUT2D eigenvalue weighted by atomic mass is 10.0. The molecule has 4 rings (SSSR count). The second-order valence-electron chi connectivity index (χ2n) is 8.85. The van der Waals surface area contributed by atoms with Crippen LogP contribution >= 0.6 is 0 Å². The third-order valence-electron chi connectivity index (χ3n) is 6.14. The van der Waals surface area contributed by atoms with E-state index < -0.39 is 65.7 Å². The van der Waals surface area contributed by atoms with Crippen molar-refractivity contribution in [2.24, 2.45) is 0 Å². The van der Waals surface area contributed by atoms with E-state index in [1.54, 1.807) is 0 Å². The molecule has 9 nitrogen and oxygen atoms in total. The Balaban J connectivity index is 1.66. The SMILES string of the molecule is O=C(O)CC(NC(=O)C1N(C(=O)Nc2cccc(F)c2)CCN1C(=O)c1ccc(F)c(F)c1)c1ccc(F)cc1. The summed E-state index contributed by atoms with van der Waals surface area (Å²) in [6, 6.07) is 9.95. The van der Waals surface area contributed by atoms with Crippen LogP contribution in [0.4, 0.5) is 28.0 Å². The molecule has 1 aliphatic heterocycles. The highest BCUT2D eigenvalue weighted by Gasteiger charge is 2.44. The van der Waals surface area contributed by atoms with Gasteiger partial charge in [0.1, 0.15) is 11.6 Å². The Bertz CT molecular complexity index is 1450. The quantitative estimate of drug-likeness (QED) is 0.381. The van der Waals surface area contributed by atoms with Gasteiger partial charge in [-0.3, -0.25) is 19.3 Å². The monoisotopic (exact) mass is 558 g/mol. The molecule has 3 aromatic carbocycles. The summed E-state index contributed by atoms with van der Waals surface area (Å²) in [6.07, 6.45) is -2.28. The highest BCUT2D eigenvalue weighted by Crippen LogP contribution is 2.24. The summed E-state index contributed by atoms with van der Waals surface area (Å²) >= 11 is 0. The van der Waals surface area contributed by atoms with Crippen LogP contribution < -0.4 is 10.6 Å². The van der Waals surface area contributed by atoms with Crippen LogP contribution in [0.3, 0.4) is 0 Å². The predicted molar refractivity (Wildman–Crippen MR) is 133 cm³/mol. The van der Waals surface area contributed by atoms with Crippen LogP contribution in [0.1, 0.15) is 28.4 Å². The largest absolute Gasteiger partial charge is 0.481 e. The predicted octanol–water partition coefficient (Wildman–Crippen LogP) is 3.89. The van der Waals surface area contributed by atoms with E-state index >= 15 is 0 Å². The molecule has 0 aromatic heterocycles. The summed E-state index contributed by atoms with van der Waals surface area (Å²) in [5, 5.41) is 14.3. The zero-order chi connectivity index (χ0) is 29.0. The van der Waals surface area contributed by atoms with Crippen molar-refractivity contribution in [3.8, 4) is 0 Å². The van der Waals surface area contributed by atoms with E-state index in [0.717, 1.165) is 46.2 Å². The zero-order valence-electron chi connectivity index (χ0n) is 20.6. The maximum atomic E-state index is 13.9. The lowest BCUT2D eigenvalue weighted by Gasteiger charge is -2.31. The number of carbonyl (C=O) groups is 4. The molecule has 0 radical (unpaired) electrons. The second-order valence-corrected chi connectivity index (χ2v) is 8.85. The molecule has 208 valence electrons. The molecule has 40 heavy (non-hydrogen) atoms. The van der Waals surface area contributed by atoms with Crippen molar-refractivity contribution >= 4 is 29.5 Å². The van der Waals surface area contributed by atoms with Crippen molar-refractivity contribution in [3.05, 3.63) is 101 Å². The van der Waals surface area contributed by atoms with Crippen molar-refractivity contribution in [1.82, 2.24) is 15.1 Å². The summed E-state index contributed by atoms with van der Waals surface area (Å²) in [4.78, 5) is 53.4. The Morgan fingerprint density at radius 3 is 2.20 bits per heavy atom. The fraction of sp³-hybridized carbons (Fsp3) is 0.185. The Morgan fingerprint density at radius 1 is 0.850 bits per heavy atom. The van der Waals surface area contributed by atoms with Crippen LogP contribution in [0, 0.1) is 23.3 Å². The Kier molecular flexibility index (Phi) is 8.31. The number of hydrogen-bond donors (Lipinski definition) is 3. The molecular weight excluding hydrogens is 536 g/mol. The average Bonchev–Trinajstić information content (AvgIpc) is 3.35. The van der Waals surface area contributed by atoms with Crippen LogP contribution in [0.2, 0.25) is 0 Å². The molecule has 1 fully saturated rings. The van der Waals surface area contributed by atoms with Crippen molar-refractivity contribution in [2.75, 3.05) is 18.4 Å². The number of carboxylic acids is 1. The topological polar surface area (TPSA) is 119 Å². The number of carbonyl (C=O) groups excluding carboxylic acids is 3. The van der Waals surface area contributed by atoms with Gasteiger partial charge in [-0.05, 0) is 54.1 Å². The number of amides is 4. The summed E-state index contributed by atoms with van der Waals surface area (Å²) < 4.78 is 54.4. The third kappa shape index (κ3) is 6.37. The van der Waals surface area contributed by atoms with Crippen LogP contribution in [0.5, 0.6) is 0 Å². The molecule has 2 unspecified atom stereocenters. The first-order valence-corrected chi connectivity index (χ1v) is 11.9. The number of rotatable bonds is 7. The van der Waals surface area contributed by atoms with Crippen molar-refractivity contribution in [3.63, 3.8) is 0 Å². The van der Waals surface area contributed by atoms with Gasteiger partial charge in [-0.2, -0.15) is 0 Å². The number of hydrogen-bond acceptors (Lipinski definition) is 4. The van der Waals surface area contributed by atoms with Gasteiger partial charge in [0.2, 0.25) is 0 Å². The Hall–Kier alpha value is -4.94. The number of aliphatic carboxylic acids is 1. The zero-order valence-corrected chi connectivity index (χ0v) is 20.6. The minimum Gasteiger partial charge on any atom is -0.481 e. The first-order chi connectivity index (χ1) is 19.0. The summed E-state index contributed by atoms with van der Waals surface area (Å²) in [6.45, 7) is -0.387. The molecule has 4 amide bonds. The average molecular weight is 558 g/mol. The van der Waals surface area contributed by atoms with Crippen molar-refractivity contribution in [2.45, 2.75) is 18.6 Å². The van der Waals surface area contributed by atoms with Gasteiger partial charge in [0.25, 0.3) is 11.8 Å². The van der Waals surface area contributed by atoms with Crippen LogP contribution in [-0.2, 0) is 9.59 Å². The number of carboxylic acid groups (broad SMARTS) is 1. The molecule has 0 saturated carbocycles. The maximum Gasteiger partial charge on any atom is 0.323 e. The summed E-state index contributed by atoms with van der Waals surface area (Å²) in [5.74, 6) is -6.90. The fourth-order valence-electron chi connectivity index (χ4n) is 4.26. The number of nitrogens with zero attached hydrogens (tertiary/aromatic N) is 2. The van der Waals surface area contributed by atoms with Gasteiger partial charge in [-0.1, -0.05) is 18.2 Å². The smallest absolute Gasteiger partial charge is 0.323 e. The molecule has 0 aliphatic carbocycles. The van der Waals surface area contributed by atoms with E-state index in [2.05, 4.69) is 10.6 Å². The van der Waals surface area contributed by atoms with Gasteiger partial charge in [0.05, 0.1) is 12.5 Å². The molecular formula is C27H22F4N4O5. The Labute approximate surface area is 225 Å². The lowest BCUT2D eigenvalue weighted by molar-refractivity contribution is -0.138. The van der Waals surface area contributed by atoms with Gasteiger partial charge in [-0.15, -0.1) is 0 Å². The molecule has 2 atom stereocenters. The van der Waals surface area contributed by atoms with E-state index in [4.69, 9.17) is 0 Å².